The van der Waals surface area contributed by atoms with Gasteiger partial charge in [0, 0.05) is 5.56 Å². The molecule has 5 nitrogen and oxygen atoms in total. The van der Waals surface area contributed by atoms with Gasteiger partial charge in [-0.2, -0.15) is 0 Å². The van der Waals surface area contributed by atoms with E-state index in [1.165, 1.54) is 19.2 Å². The highest BCUT2D eigenvalue weighted by Crippen LogP contribution is 2.11. The molecule has 0 aliphatic rings. The second-order valence-electron chi connectivity index (χ2n) is 2.72. The highest BCUT2D eigenvalue weighted by atomic mass is 16.5. The summed E-state index contributed by atoms with van der Waals surface area (Å²) in [6.45, 7) is 0. The molecule has 0 bridgehead atoms. The molecule has 0 spiro atoms. The molecule has 0 aromatic heterocycles. The first-order valence-corrected chi connectivity index (χ1v) is 4.01. The molecular formula is C10H8O5. The number of aromatic carboxylic acids is 1. The molecule has 1 N–H and O–H groups in total. The SMILES string of the molecule is COC(=O)c1ccc(C(=O)O)cc1C=O. The summed E-state index contributed by atoms with van der Waals surface area (Å²) < 4.78 is 4.43. The summed E-state index contributed by atoms with van der Waals surface area (Å²) in [6.07, 6.45) is 0.415. The van der Waals surface area contributed by atoms with Crippen LogP contribution in [0.15, 0.2) is 18.2 Å². The molecule has 0 saturated carbocycles. The Kier molecular flexibility index (Phi) is 3.17. The number of aldehydes is 1. The van der Waals surface area contributed by atoms with Gasteiger partial charge in [-0.05, 0) is 18.2 Å². The summed E-state index contributed by atoms with van der Waals surface area (Å²) in [4.78, 5) is 32.4. The van der Waals surface area contributed by atoms with Crippen molar-refractivity contribution >= 4 is 18.2 Å². The van der Waals surface area contributed by atoms with E-state index in [0.717, 1.165) is 6.07 Å². The van der Waals surface area contributed by atoms with E-state index in [1.54, 1.807) is 0 Å². The van der Waals surface area contributed by atoms with Gasteiger partial charge in [-0.1, -0.05) is 0 Å². The topological polar surface area (TPSA) is 80.7 Å². The van der Waals surface area contributed by atoms with Crippen LogP contribution in [0.4, 0.5) is 0 Å². The number of hydrogen-bond acceptors (Lipinski definition) is 4. The van der Waals surface area contributed by atoms with Gasteiger partial charge in [0.15, 0.2) is 6.29 Å². The van der Waals surface area contributed by atoms with Crippen molar-refractivity contribution < 1.29 is 24.2 Å². The van der Waals surface area contributed by atoms with Crippen LogP contribution in [0.2, 0.25) is 0 Å². The maximum absolute atomic E-state index is 11.1. The number of ether oxygens (including phenoxy) is 1. The normalized spacial score (nSPS) is 9.40. The Morgan fingerprint density at radius 2 is 2.07 bits per heavy atom. The fourth-order valence-corrected chi connectivity index (χ4v) is 1.09. The number of carbonyl (C=O) groups excluding carboxylic acids is 2. The molecule has 0 atom stereocenters. The second-order valence-corrected chi connectivity index (χ2v) is 2.72. The molecule has 78 valence electrons. The van der Waals surface area contributed by atoms with Gasteiger partial charge >= 0.3 is 11.9 Å². The Hall–Kier alpha value is -2.17. The van der Waals surface area contributed by atoms with E-state index < -0.39 is 11.9 Å². The van der Waals surface area contributed by atoms with Crippen molar-refractivity contribution in [2.75, 3.05) is 7.11 Å². The van der Waals surface area contributed by atoms with E-state index in [9.17, 15) is 14.4 Å². The van der Waals surface area contributed by atoms with Crippen LogP contribution in [-0.4, -0.2) is 30.4 Å². The minimum Gasteiger partial charge on any atom is -0.478 e. The predicted octanol–water partition coefficient (Wildman–Crippen LogP) is 0.984. The van der Waals surface area contributed by atoms with Gasteiger partial charge in [-0.15, -0.1) is 0 Å². The molecule has 1 aromatic carbocycles. The van der Waals surface area contributed by atoms with Crippen molar-refractivity contribution in [3.63, 3.8) is 0 Å². The predicted molar refractivity (Wildman–Crippen MR) is 50.1 cm³/mol. The van der Waals surface area contributed by atoms with Crippen LogP contribution in [0.3, 0.4) is 0 Å². The molecule has 1 aromatic rings. The van der Waals surface area contributed by atoms with Gasteiger partial charge in [0.05, 0.1) is 18.2 Å². The summed E-state index contributed by atoms with van der Waals surface area (Å²) >= 11 is 0. The van der Waals surface area contributed by atoms with E-state index in [1.807, 2.05) is 0 Å². The summed E-state index contributed by atoms with van der Waals surface area (Å²) in [6, 6.07) is 3.61. The first kappa shape index (κ1) is 10.9. The van der Waals surface area contributed by atoms with Crippen LogP contribution in [-0.2, 0) is 4.74 Å². The lowest BCUT2D eigenvalue weighted by Crippen LogP contribution is -2.07. The molecule has 5 heteroatoms. The number of esters is 1. The first-order valence-electron chi connectivity index (χ1n) is 4.01. The van der Waals surface area contributed by atoms with Crippen LogP contribution in [0, 0.1) is 0 Å². The fourth-order valence-electron chi connectivity index (χ4n) is 1.09. The smallest absolute Gasteiger partial charge is 0.338 e. The average molecular weight is 208 g/mol. The monoisotopic (exact) mass is 208 g/mol. The zero-order valence-corrected chi connectivity index (χ0v) is 7.89. The van der Waals surface area contributed by atoms with Crippen LogP contribution in [0.25, 0.3) is 0 Å². The molecule has 15 heavy (non-hydrogen) atoms. The van der Waals surface area contributed by atoms with Gasteiger partial charge in [0.1, 0.15) is 0 Å². The number of carbonyl (C=O) groups is 3. The minimum atomic E-state index is -1.16. The Labute approximate surface area is 85.3 Å². The molecule has 0 heterocycles. The molecule has 0 radical (unpaired) electrons. The molecule has 0 aliphatic carbocycles. The van der Waals surface area contributed by atoms with Crippen molar-refractivity contribution in [3.05, 3.63) is 34.9 Å². The zero-order chi connectivity index (χ0) is 11.4. The number of methoxy groups -OCH3 is 1. The average Bonchev–Trinajstić information content (AvgIpc) is 2.27. The Morgan fingerprint density at radius 1 is 1.40 bits per heavy atom. The third-order valence-electron chi connectivity index (χ3n) is 1.83. The Balaban J connectivity index is 3.26. The summed E-state index contributed by atoms with van der Waals surface area (Å²) in [7, 11) is 1.18. The van der Waals surface area contributed by atoms with Crippen LogP contribution < -0.4 is 0 Å². The maximum Gasteiger partial charge on any atom is 0.338 e. The van der Waals surface area contributed by atoms with Crippen molar-refractivity contribution in [1.82, 2.24) is 0 Å². The van der Waals surface area contributed by atoms with Crippen molar-refractivity contribution in [2.24, 2.45) is 0 Å². The van der Waals surface area contributed by atoms with Gasteiger partial charge in [-0.3, -0.25) is 4.79 Å². The molecule has 1 rings (SSSR count). The van der Waals surface area contributed by atoms with E-state index in [-0.39, 0.29) is 16.7 Å². The van der Waals surface area contributed by atoms with Crippen LogP contribution in [0.5, 0.6) is 0 Å². The van der Waals surface area contributed by atoms with Gasteiger partial charge in [0.25, 0.3) is 0 Å². The van der Waals surface area contributed by atoms with Crippen molar-refractivity contribution in [1.29, 1.82) is 0 Å². The third kappa shape index (κ3) is 2.19. The zero-order valence-electron chi connectivity index (χ0n) is 7.89. The lowest BCUT2D eigenvalue weighted by atomic mass is 10.1. The highest BCUT2D eigenvalue weighted by molar-refractivity contribution is 6.00. The van der Waals surface area contributed by atoms with Crippen molar-refractivity contribution in [3.8, 4) is 0 Å². The summed E-state index contributed by atoms with van der Waals surface area (Å²) in [5, 5.41) is 8.66. The van der Waals surface area contributed by atoms with Gasteiger partial charge in [-0.25, -0.2) is 9.59 Å². The summed E-state index contributed by atoms with van der Waals surface area (Å²) in [5.74, 6) is -1.83. The molecule has 0 saturated heterocycles. The molecule has 0 aliphatic heterocycles. The van der Waals surface area contributed by atoms with Crippen LogP contribution in [0.1, 0.15) is 31.1 Å². The standard InChI is InChI=1S/C10H8O5/c1-15-10(14)8-3-2-6(9(12)13)4-7(8)5-11/h2-5H,1H3,(H,12,13). The lowest BCUT2D eigenvalue weighted by molar-refractivity contribution is 0.0596. The van der Waals surface area contributed by atoms with Gasteiger partial charge in [0.2, 0.25) is 0 Å². The number of carboxylic acid groups (broad SMARTS) is 1. The molecule has 0 amide bonds. The van der Waals surface area contributed by atoms with Crippen molar-refractivity contribution in [2.45, 2.75) is 0 Å². The Morgan fingerprint density at radius 3 is 2.53 bits per heavy atom. The van der Waals surface area contributed by atoms with E-state index in [2.05, 4.69) is 4.74 Å². The second kappa shape index (κ2) is 4.36. The number of hydrogen-bond donors (Lipinski definition) is 1. The van der Waals surface area contributed by atoms with E-state index >= 15 is 0 Å². The van der Waals surface area contributed by atoms with E-state index in [0.29, 0.717) is 6.29 Å². The van der Waals surface area contributed by atoms with Crippen LogP contribution >= 0.6 is 0 Å². The Bertz CT molecular complexity index is 422. The summed E-state index contributed by atoms with van der Waals surface area (Å²) in [5.41, 5.74) is 0.00371. The third-order valence-corrected chi connectivity index (χ3v) is 1.83. The quantitative estimate of drug-likeness (QED) is 0.591. The fraction of sp³-hybridized carbons (Fsp3) is 0.100. The number of rotatable bonds is 3. The molecule has 0 unspecified atom stereocenters. The van der Waals surface area contributed by atoms with Gasteiger partial charge < -0.3 is 9.84 Å². The maximum atomic E-state index is 11.1. The highest BCUT2D eigenvalue weighted by Gasteiger charge is 2.13. The molecular weight excluding hydrogens is 200 g/mol. The number of carboxylic acids is 1. The molecule has 0 fully saturated rings. The largest absolute Gasteiger partial charge is 0.478 e. The van der Waals surface area contributed by atoms with E-state index in [4.69, 9.17) is 5.11 Å². The lowest BCUT2D eigenvalue weighted by Gasteiger charge is -2.03. The number of benzene rings is 1. The first-order chi connectivity index (χ1) is 7.10. The minimum absolute atomic E-state index is 0.00162.